The molecule has 0 radical (unpaired) electrons. The van der Waals surface area contributed by atoms with Crippen LogP contribution in [-0.4, -0.2) is 24.0 Å². The van der Waals surface area contributed by atoms with Gasteiger partial charge in [-0.2, -0.15) is 13.2 Å². The first-order valence-corrected chi connectivity index (χ1v) is 6.40. The Kier molecular flexibility index (Phi) is 2.75. The number of rotatable bonds is 1. The summed E-state index contributed by atoms with van der Waals surface area (Å²) in [5.74, 6) is -2.56. The fourth-order valence-electron chi connectivity index (χ4n) is 2.92. The zero-order chi connectivity index (χ0) is 14.6. The van der Waals surface area contributed by atoms with Crippen molar-refractivity contribution in [3.8, 4) is 0 Å². The van der Waals surface area contributed by atoms with Crippen molar-refractivity contribution < 1.29 is 22.0 Å². The van der Waals surface area contributed by atoms with E-state index in [1.807, 2.05) is 0 Å². The summed E-state index contributed by atoms with van der Waals surface area (Å²) in [6.07, 6.45) is -2.57. The van der Waals surface area contributed by atoms with Crippen LogP contribution >= 0.6 is 0 Å². The van der Waals surface area contributed by atoms with Gasteiger partial charge in [0, 0.05) is 25.7 Å². The summed E-state index contributed by atoms with van der Waals surface area (Å²) in [7, 11) is 0. The van der Waals surface area contributed by atoms with Gasteiger partial charge in [-0.3, -0.25) is 0 Å². The van der Waals surface area contributed by atoms with Crippen LogP contribution < -0.4 is 4.90 Å². The number of aromatic nitrogens is 1. The molecule has 2 nitrogen and oxygen atoms in total. The normalized spacial score (nSPS) is 28.8. The van der Waals surface area contributed by atoms with Crippen molar-refractivity contribution in [2.75, 3.05) is 18.0 Å². The number of alkyl halides is 5. The van der Waals surface area contributed by atoms with Crippen LogP contribution in [0.2, 0.25) is 0 Å². The van der Waals surface area contributed by atoms with Gasteiger partial charge in [0.2, 0.25) is 0 Å². The van der Waals surface area contributed by atoms with Gasteiger partial charge < -0.3 is 4.90 Å². The molecule has 1 atom stereocenters. The van der Waals surface area contributed by atoms with Crippen LogP contribution in [-0.2, 0) is 6.18 Å². The molecule has 1 aliphatic heterocycles. The first-order valence-electron chi connectivity index (χ1n) is 6.40. The quantitative estimate of drug-likeness (QED) is 0.733. The van der Waals surface area contributed by atoms with E-state index in [0.717, 1.165) is 18.3 Å². The van der Waals surface area contributed by atoms with Crippen LogP contribution in [0.4, 0.5) is 27.8 Å². The first kappa shape index (κ1) is 13.6. The van der Waals surface area contributed by atoms with Crippen molar-refractivity contribution in [3.05, 3.63) is 23.9 Å². The smallest absolute Gasteiger partial charge is 0.356 e. The molecule has 20 heavy (non-hydrogen) atoms. The number of hydrogen-bond donors (Lipinski definition) is 0. The molecule has 7 heteroatoms. The van der Waals surface area contributed by atoms with E-state index in [-0.39, 0.29) is 18.8 Å². The van der Waals surface area contributed by atoms with E-state index < -0.39 is 23.1 Å². The van der Waals surface area contributed by atoms with E-state index in [4.69, 9.17) is 0 Å². The largest absolute Gasteiger partial charge is 0.416 e. The Morgan fingerprint density at radius 1 is 1.25 bits per heavy atom. The van der Waals surface area contributed by atoms with Gasteiger partial charge in [-0.05, 0) is 25.0 Å². The van der Waals surface area contributed by atoms with Crippen molar-refractivity contribution in [3.63, 3.8) is 0 Å². The summed E-state index contributed by atoms with van der Waals surface area (Å²) < 4.78 is 64.8. The van der Waals surface area contributed by atoms with Crippen molar-refractivity contribution in [1.82, 2.24) is 4.98 Å². The van der Waals surface area contributed by atoms with E-state index in [1.54, 1.807) is 4.90 Å². The van der Waals surface area contributed by atoms with Gasteiger partial charge in [0.15, 0.2) is 0 Å². The number of nitrogens with zero attached hydrogens (tertiary/aromatic N) is 2. The Balaban J connectivity index is 1.83. The summed E-state index contributed by atoms with van der Waals surface area (Å²) in [5.41, 5.74) is -1.86. The molecular formula is C13H13F5N2. The minimum absolute atomic E-state index is 0.0777. The molecule has 0 N–H and O–H groups in total. The Bertz CT molecular complexity index is 528. The predicted octanol–water partition coefficient (Wildman–Crippen LogP) is 3.73. The monoisotopic (exact) mass is 292 g/mol. The fraction of sp³-hybridized carbons (Fsp3) is 0.615. The SMILES string of the molecule is FC(F)(F)c1ccnc(N2CCCC3(C2)CC3(F)F)c1. The summed E-state index contributed by atoms with van der Waals surface area (Å²) >= 11 is 0. The lowest BCUT2D eigenvalue weighted by Gasteiger charge is -2.34. The molecule has 1 spiro atoms. The molecule has 110 valence electrons. The van der Waals surface area contributed by atoms with E-state index in [2.05, 4.69) is 4.98 Å². The van der Waals surface area contributed by atoms with Crippen LogP contribution in [0.15, 0.2) is 18.3 Å². The molecule has 1 unspecified atom stereocenters. The van der Waals surface area contributed by atoms with Crippen LogP contribution in [0.5, 0.6) is 0 Å². The van der Waals surface area contributed by atoms with Crippen molar-refractivity contribution in [1.29, 1.82) is 0 Å². The highest BCUT2D eigenvalue weighted by Crippen LogP contribution is 2.64. The molecule has 2 aliphatic rings. The molecule has 1 aliphatic carbocycles. The highest BCUT2D eigenvalue weighted by Gasteiger charge is 2.71. The van der Waals surface area contributed by atoms with E-state index in [9.17, 15) is 22.0 Å². The standard InChI is InChI=1S/C13H13F5N2/c14-12(15)7-11(12)3-1-5-20(8-11)10-6-9(2-4-19-10)13(16,17)18/h2,4,6H,1,3,5,7-8H2. The second-order valence-corrected chi connectivity index (χ2v) is 5.59. The number of hydrogen-bond acceptors (Lipinski definition) is 2. The van der Waals surface area contributed by atoms with Gasteiger partial charge in [0.1, 0.15) is 5.82 Å². The topological polar surface area (TPSA) is 16.1 Å². The zero-order valence-corrected chi connectivity index (χ0v) is 10.6. The lowest BCUT2D eigenvalue weighted by atomic mass is 9.94. The second-order valence-electron chi connectivity index (χ2n) is 5.59. The van der Waals surface area contributed by atoms with Gasteiger partial charge in [-0.15, -0.1) is 0 Å². The maximum absolute atomic E-state index is 13.4. The van der Waals surface area contributed by atoms with E-state index >= 15 is 0 Å². The molecule has 0 aromatic carbocycles. The molecule has 3 rings (SSSR count). The van der Waals surface area contributed by atoms with Crippen LogP contribution in [0.1, 0.15) is 24.8 Å². The molecule has 1 aromatic heterocycles. The van der Waals surface area contributed by atoms with Crippen LogP contribution in [0, 0.1) is 5.41 Å². The number of piperidine rings is 1. The predicted molar refractivity (Wildman–Crippen MR) is 62.7 cm³/mol. The molecule has 0 amide bonds. The highest BCUT2D eigenvalue weighted by atomic mass is 19.4. The first-order chi connectivity index (χ1) is 9.24. The minimum atomic E-state index is -4.45. The Labute approximate surface area is 112 Å². The Morgan fingerprint density at radius 2 is 1.95 bits per heavy atom. The third-order valence-electron chi connectivity index (χ3n) is 4.19. The summed E-state index contributed by atoms with van der Waals surface area (Å²) in [5, 5.41) is 0. The van der Waals surface area contributed by atoms with Crippen LogP contribution in [0.25, 0.3) is 0 Å². The van der Waals surface area contributed by atoms with Gasteiger partial charge >= 0.3 is 6.18 Å². The van der Waals surface area contributed by atoms with Crippen molar-refractivity contribution >= 4 is 5.82 Å². The second kappa shape index (κ2) is 4.05. The van der Waals surface area contributed by atoms with Gasteiger partial charge in [0.05, 0.1) is 11.0 Å². The Hall–Kier alpha value is -1.40. The lowest BCUT2D eigenvalue weighted by Crippen LogP contribution is -2.39. The number of pyridine rings is 1. The van der Waals surface area contributed by atoms with Gasteiger partial charge in [-0.1, -0.05) is 0 Å². The molecule has 2 fully saturated rings. The molecule has 0 bridgehead atoms. The minimum Gasteiger partial charge on any atom is -0.356 e. The Morgan fingerprint density at radius 3 is 2.55 bits per heavy atom. The maximum atomic E-state index is 13.4. The summed E-state index contributed by atoms with van der Waals surface area (Å²) in [6.45, 7) is 0.542. The highest BCUT2D eigenvalue weighted by molar-refractivity contribution is 5.44. The average Bonchev–Trinajstić information content (AvgIpc) is 2.88. The van der Waals surface area contributed by atoms with Crippen molar-refractivity contribution in [2.24, 2.45) is 5.41 Å². The average molecular weight is 292 g/mol. The summed E-state index contributed by atoms with van der Waals surface area (Å²) in [4.78, 5) is 5.44. The maximum Gasteiger partial charge on any atom is 0.416 e. The molecule has 1 saturated carbocycles. The third kappa shape index (κ3) is 2.13. The lowest BCUT2D eigenvalue weighted by molar-refractivity contribution is -0.137. The van der Waals surface area contributed by atoms with Gasteiger partial charge in [0.25, 0.3) is 5.92 Å². The molecular weight excluding hydrogens is 279 g/mol. The van der Waals surface area contributed by atoms with Gasteiger partial charge in [-0.25, -0.2) is 13.8 Å². The zero-order valence-electron chi connectivity index (χ0n) is 10.6. The fourth-order valence-corrected chi connectivity index (χ4v) is 2.92. The third-order valence-corrected chi connectivity index (χ3v) is 4.19. The van der Waals surface area contributed by atoms with E-state index in [0.29, 0.717) is 19.4 Å². The molecule has 1 aromatic rings. The van der Waals surface area contributed by atoms with Crippen molar-refractivity contribution in [2.45, 2.75) is 31.4 Å². The van der Waals surface area contributed by atoms with E-state index in [1.165, 1.54) is 0 Å². The van der Waals surface area contributed by atoms with Crippen LogP contribution in [0.3, 0.4) is 0 Å². The number of halogens is 5. The molecule has 1 saturated heterocycles. The number of anilines is 1. The summed E-state index contributed by atoms with van der Waals surface area (Å²) in [6, 6.07) is 1.81. The molecule has 2 heterocycles.